The predicted molar refractivity (Wildman–Crippen MR) is 63.7 cm³/mol. The molecule has 2 aromatic rings. The summed E-state index contributed by atoms with van der Waals surface area (Å²) in [5.41, 5.74) is -0.587. The molecule has 0 atom stereocenters. The van der Waals surface area contributed by atoms with Gasteiger partial charge in [0.1, 0.15) is 5.01 Å². The molecule has 0 amide bonds. The lowest BCUT2D eigenvalue weighted by Crippen LogP contribution is -2.27. The molecule has 0 saturated heterocycles. The van der Waals surface area contributed by atoms with Gasteiger partial charge in [0.15, 0.2) is 0 Å². The molecule has 2 rings (SSSR count). The Morgan fingerprint density at radius 1 is 1.28 bits per heavy atom. The van der Waals surface area contributed by atoms with Crippen LogP contribution in [0, 0.1) is 0 Å². The highest BCUT2D eigenvalue weighted by Gasteiger charge is 2.36. The van der Waals surface area contributed by atoms with E-state index in [1.54, 1.807) is 11.6 Å². The van der Waals surface area contributed by atoms with Gasteiger partial charge >= 0.3 is 6.18 Å². The minimum atomic E-state index is -4.51. The van der Waals surface area contributed by atoms with Gasteiger partial charge in [0.2, 0.25) is 11.0 Å². The summed E-state index contributed by atoms with van der Waals surface area (Å²) in [4.78, 5) is 7.55. The van der Waals surface area contributed by atoms with Crippen LogP contribution in [-0.2, 0) is 11.7 Å². The molecule has 0 aliphatic rings. The predicted octanol–water partition coefficient (Wildman–Crippen LogP) is 3.36. The molecule has 2 aromatic heterocycles. The highest BCUT2D eigenvalue weighted by molar-refractivity contribution is 7.10. The molecule has 0 aliphatic carbocycles. The average Bonchev–Trinajstić information content (AvgIpc) is 2.83. The second kappa shape index (κ2) is 4.47. The highest BCUT2D eigenvalue weighted by atomic mass is 32.1. The Bertz CT molecular complexity index is 518. The molecular weight excluding hydrogens is 285 g/mol. The third-order valence-electron chi connectivity index (χ3n) is 2.07. The van der Waals surface area contributed by atoms with Crippen LogP contribution in [-0.4, -0.2) is 14.3 Å². The van der Waals surface area contributed by atoms with E-state index in [4.69, 9.17) is 0 Å². The summed E-state index contributed by atoms with van der Waals surface area (Å²) in [5, 5.41) is 5.61. The first kappa shape index (κ1) is 13.2. The number of hydrogen-bond acceptors (Lipinski definition) is 6. The summed E-state index contributed by atoms with van der Waals surface area (Å²) in [7, 11) is 0. The minimum absolute atomic E-state index is 0.127. The summed E-state index contributed by atoms with van der Waals surface area (Å²) in [6.07, 6.45) is -2.87. The third kappa shape index (κ3) is 2.78. The third-order valence-corrected chi connectivity index (χ3v) is 3.79. The first-order valence-electron chi connectivity index (χ1n) is 4.88. The molecule has 18 heavy (non-hydrogen) atoms. The van der Waals surface area contributed by atoms with E-state index in [0.717, 1.165) is 5.01 Å². The largest absolute Gasteiger partial charge is 0.452 e. The second-order valence-corrected chi connectivity index (χ2v) is 5.65. The number of halogens is 3. The maximum Gasteiger partial charge on any atom is 0.452 e. The van der Waals surface area contributed by atoms with Crippen LogP contribution in [0.5, 0.6) is 0 Å². The van der Waals surface area contributed by atoms with Crippen molar-refractivity contribution in [3.05, 3.63) is 22.4 Å². The summed E-state index contributed by atoms with van der Waals surface area (Å²) >= 11 is 2.11. The summed E-state index contributed by atoms with van der Waals surface area (Å²) < 4.78 is 40.3. The zero-order valence-corrected chi connectivity index (χ0v) is 11.1. The number of nitrogens with one attached hydrogen (secondary N) is 1. The molecule has 2 heterocycles. The number of rotatable bonds is 3. The van der Waals surface area contributed by atoms with Gasteiger partial charge in [-0.2, -0.15) is 22.5 Å². The Morgan fingerprint density at radius 2 is 2.00 bits per heavy atom. The zero-order valence-electron chi connectivity index (χ0n) is 9.45. The SMILES string of the molecule is CC(C)(Nc1nc(C(F)(F)F)ns1)c1nccs1. The Balaban J connectivity index is 2.17. The summed E-state index contributed by atoms with van der Waals surface area (Å²) in [5.74, 6) is -1.12. The standard InChI is InChI=1S/C9H9F3N4S2/c1-8(2,6-13-3-4-17-6)15-7-14-5(16-18-7)9(10,11)12/h3-4H,1-2H3,(H,14,15,16). The van der Waals surface area contributed by atoms with Gasteiger partial charge in [-0.25, -0.2) is 4.98 Å². The second-order valence-electron chi connectivity index (χ2n) is 4.01. The monoisotopic (exact) mass is 294 g/mol. The van der Waals surface area contributed by atoms with Crippen LogP contribution in [0.2, 0.25) is 0 Å². The number of aromatic nitrogens is 3. The first-order chi connectivity index (χ1) is 8.29. The maximum atomic E-state index is 12.4. The van der Waals surface area contributed by atoms with E-state index in [1.165, 1.54) is 11.3 Å². The Labute approximate surface area is 109 Å². The van der Waals surface area contributed by atoms with E-state index in [1.807, 2.05) is 13.8 Å². The van der Waals surface area contributed by atoms with Crippen molar-refractivity contribution in [2.75, 3.05) is 5.32 Å². The van der Waals surface area contributed by atoms with Crippen molar-refractivity contribution in [3.63, 3.8) is 0 Å². The topological polar surface area (TPSA) is 50.7 Å². The quantitative estimate of drug-likeness (QED) is 0.943. The van der Waals surface area contributed by atoms with Crippen LogP contribution >= 0.6 is 22.9 Å². The molecule has 0 radical (unpaired) electrons. The van der Waals surface area contributed by atoms with Crippen molar-refractivity contribution >= 4 is 28.0 Å². The zero-order chi connectivity index (χ0) is 13.4. The van der Waals surface area contributed by atoms with Gasteiger partial charge in [0, 0.05) is 23.1 Å². The molecule has 0 fully saturated rings. The van der Waals surface area contributed by atoms with Crippen molar-refractivity contribution in [3.8, 4) is 0 Å². The number of anilines is 1. The molecule has 98 valence electrons. The van der Waals surface area contributed by atoms with Crippen molar-refractivity contribution < 1.29 is 13.2 Å². The maximum absolute atomic E-state index is 12.4. The van der Waals surface area contributed by atoms with E-state index in [9.17, 15) is 13.2 Å². The number of nitrogens with zero attached hydrogens (tertiary/aromatic N) is 3. The van der Waals surface area contributed by atoms with Crippen LogP contribution in [0.25, 0.3) is 0 Å². The lowest BCUT2D eigenvalue weighted by molar-refractivity contribution is -0.144. The molecule has 0 spiro atoms. The normalized spacial score (nSPS) is 12.7. The summed E-state index contributed by atoms with van der Waals surface area (Å²) in [6, 6.07) is 0. The van der Waals surface area contributed by atoms with Crippen molar-refractivity contribution in [2.24, 2.45) is 0 Å². The summed E-state index contributed by atoms with van der Waals surface area (Å²) in [6.45, 7) is 3.64. The molecule has 0 saturated carbocycles. The number of hydrogen-bond donors (Lipinski definition) is 1. The fourth-order valence-corrected chi connectivity index (χ4v) is 2.71. The lowest BCUT2D eigenvalue weighted by atomic mass is 10.1. The molecule has 0 bridgehead atoms. The molecule has 1 N–H and O–H groups in total. The van der Waals surface area contributed by atoms with Crippen molar-refractivity contribution in [1.29, 1.82) is 0 Å². The van der Waals surface area contributed by atoms with Crippen LogP contribution in [0.3, 0.4) is 0 Å². The fraction of sp³-hybridized carbons (Fsp3) is 0.444. The minimum Gasteiger partial charge on any atom is -0.349 e. The van der Waals surface area contributed by atoms with Gasteiger partial charge in [-0.15, -0.1) is 11.3 Å². The van der Waals surface area contributed by atoms with E-state index in [2.05, 4.69) is 19.7 Å². The molecule has 0 unspecified atom stereocenters. The van der Waals surface area contributed by atoms with E-state index >= 15 is 0 Å². The van der Waals surface area contributed by atoms with Gasteiger partial charge in [0.25, 0.3) is 0 Å². The highest BCUT2D eigenvalue weighted by Crippen LogP contribution is 2.32. The fourth-order valence-electron chi connectivity index (χ4n) is 1.24. The smallest absolute Gasteiger partial charge is 0.349 e. The Hall–Kier alpha value is -1.22. The van der Waals surface area contributed by atoms with E-state index in [-0.39, 0.29) is 5.13 Å². The van der Waals surface area contributed by atoms with E-state index < -0.39 is 17.5 Å². The number of thiazole rings is 1. The van der Waals surface area contributed by atoms with Crippen molar-refractivity contribution in [2.45, 2.75) is 25.6 Å². The molecule has 9 heteroatoms. The van der Waals surface area contributed by atoms with Crippen LogP contribution in [0.15, 0.2) is 11.6 Å². The molecule has 0 aliphatic heterocycles. The van der Waals surface area contributed by atoms with Gasteiger partial charge in [-0.05, 0) is 13.8 Å². The Morgan fingerprint density at radius 3 is 2.50 bits per heavy atom. The molecule has 4 nitrogen and oxygen atoms in total. The van der Waals surface area contributed by atoms with Gasteiger partial charge < -0.3 is 5.32 Å². The average molecular weight is 294 g/mol. The van der Waals surface area contributed by atoms with Crippen molar-refractivity contribution in [1.82, 2.24) is 14.3 Å². The number of alkyl halides is 3. The van der Waals surface area contributed by atoms with Crippen LogP contribution in [0.4, 0.5) is 18.3 Å². The molecular formula is C9H9F3N4S2. The Kier molecular flexibility index (Phi) is 3.28. The van der Waals surface area contributed by atoms with E-state index in [0.29, 0.717) is 11.5 Å². The lowest BCUT2D eigenvalue weighted by Gasteiger charge is -2.22. The first-order valence-corrected chi connectivity index (χ1v) is 6.53. The molecule has 0 aromatic carbocycles. The van der Waals surface area contributed by atoms with Gasteiger partial charge in [-0.3, -0.25) is 0 Å². The van der Waals surface area contributed by atoms with Gasteiger partial charge in [0.05, 0.1) is 5.54 Å². The van der Waals surface area contributed by atoms with Gasteiger partial charge in [-0.1, -0.05) is 0 Å². The van der Waals surface area contributed by atoms with Crippen LogP contribution < -0.4 is 5.32 Å². The van der Waals surface area contributed by atoms with Crippen LogP contribution in [0.1, 0.15) is 24.7 Å².